The molecule has 2 aliphatic heterocycles. The molecule has 174 valence electrons. The maximum Gasteiger partial charge on any atom is 0.0568 e. The van der Waals surface area contributed by atoms with Crippen LogP contribution < -0.4 is 10.2 Å². The second-order valence-electron chi connectivity index (χ2n) is 9.39. The van der Waals surface area contributed by atoms with Crippen molar-refractivity contribution in [3.63, 3.8) is 0 Å². The number of allylic oxidation sites excluding steroid dienone is 3. The van der Waals surface area contributed by atoms with Gasteiger partial charge in [-0.2, -0.15) is 5.10 Å². The predicted octanol–water partition coefficient (Wildman–Crippen LogP) is 5.85. The summed E-state index contributed by atoms with van der Waals surface area (Å²) in [7, 11) is 0. The van der Waals surface area contributed by atoms with Crippen molar-refractivity contribution in [1.29, 1.82) is 0 Å². The zero-order chi connectivity index (χ0) is 23.4. The van der Waals surface area contributed by atoms with Crippen LogP contribution in [0.2, 0.25) is 0 Å². The third kappa shape index (κ3) is 5.03. The fraction of sp³-hybridized carbons (Fsp3) is 0.429. The van der Waals surface area contributed by atoms with Crippen LogP contribution in [0.15, 0.2) is 66.7 Å². The van der Waals surface area contributed by atoms with Crippen molar-refractivity contribution in [2.45, 2.75) is 65.0 Å². The van der Waals surface area contributed by atoms with Crippen molar-refractivity contribution in [3.8, 4) is 11.1 Å². The molecule has 1 aromatic carbocycles. The minimum atomic E-state index is 0.460. The topological polar surface area (TPSA) is 45.5 Å². The van der Waals surface area contributed by atoms with Gasteiger partial charge < -0.3 is 10.2 Å². The molecule has 0 unspecified atom stereocenters. The molecule has 2 aromatic rings. The standard InChI is InChI=1S/C28H37N5/c1-6-7-14-30-21(4)17-27-25(23-18-31-32(19-23)24-12-15-29-16-13-24)10-11-28-26(27)9-8-22(5)33(28)20(2)3/h6-7,10-11,14,18-19,22,24,29H,1-2,8-9,12-13,15-17H2,3-5H3/b14-7-,30-21+/t22-/m0/s1. The molecule has 0 amide bonds. The van der Waals surface area contributed by atoms with Crippen molar-refractivity contribution in [2.75, 3.05) is 18.0 Å². The molecule has 2 aliphatic rings. The van der Waals surface area contributed by atoms with Crippen molar-refractivity contribution in [1.82, 2.24) is 15.1 Å². The lowest BCUT2D eigenvalue weighted by molar-refractivity contribution is 0.343. The van der Waals surface area contributed by atoms with Crippen LogP contribution in [0.25, 0.3) is 11.1 Å². The van der Waals surface area contributed by atoms with Gasteiger partial charge in [0.05, 0.1) is 12.2 Å². The molecule has 0 aliphatic carbocycles. The van der Waals surface area contributed by atoms with Crippen molar-refractivity contribution < 1.29 is 0 Å². The Hall–Kier alpha value is -2.92. The third-order valence-corrected chi connectivity index (χ3v) is 6.88. The highest BCUT2D eigenvalue weighted by Gasteiger charge is 2.27. The number of nitrogens with zero attached hydrogens (tertiary/aromatic N) is 4. The summed E-state index contributed by atoms with van der Waals surface area (Å²) < 4.78 is 2.18. The van der Waals surface area contributed by atoms with Gasteiger partial charge in [-0.3, -0.25) is 9.67 Å². The van der Waals surface area contributed by atoms with E-state index < -0.39 is 0 Å². The van der Waals surface area contributed by atoms with E-state index in [1.165, 1.54) is 27.9 Å². The number of nitrogens with one attached hydrogen (secondary N) is 1. The van der Waals surface area contributed by atoms with Crippen LogP contribution in [0.1, 0.15) is 57.2 Å². The van der Waals surface area contributed by atoms with Gasteiger partial charge in [0.1, 0.15) is 0 Å². The first-order valence-corrected chi connectivity index (χ1v) is 12.1. The van der Waals surface area contributed by atoms with Gasteiger partial charge in [0.25, 0.3) is 0 Å². The van der Waals surface area contributed by atoms with Gasteiger partial charge in [-0.25, -0.2) is 0 Å². The van der Waals surface area contributed by atoms with Gasteiger partial charge in [0.2, 0.25) is 0 Å². The summed E-state index contributed by atoms with van der Waals surface area (Å²) in [4.78, 5) is 7.04. The van der Waals surface area contributed by atoms with Gasteiger partial charge >= 0.3 is 0 Å². The van der Waals surface area contributed by atoms with E-state index in [9.17, 15) is 0 Å². The monoisotopic (exact) mass is 443 g/mol. The van der Waals surface area contributed by atoms with Crippen LogP contribution in [0.3, 0.4) is 0 Å². The molecule has 0 bridgehead atoms. The van der Waals surface area contributed by atoms with E-state index in [2.05, 4.69) is 72.1 Å². The zero-order valence-electron chi connectivity index (χ0n) is 20.3. The number of benzene rings is 1. The number of hydrogen-bond donors (Lipinski definition) is 1. The fourth-order valence-electron chi connectivity index (χ4n) is 5.24. The van der Waals surface area contributed by atoms with Crippen LogP contribution in [0, 0.1) is 0 Å². The summed E-state index contributed by atoms with van der Waals surface area (Å²) in [5.41, 5.74) is 8.73. The van der Waals surface area contributed by atoms with Crippen molar-refractivity contribution in [3.05, 3.63) is 72.9 Å². The third-order valence-electron chi connectivity index (χ3n) is 6.88. The fourth-order valence-corrected chi connectivity index (χ4v) is 5.24. The molecule has 4 rings (SSSR count). The molecule has 1 N–H and O–H groups in total. The average molecular weight is 444 g/mol. The second-order valence-corrected chi connectivity index (χ2v) is 9.39. The minimum absolute atomic E-state index is 0.460. The van der Waals surface area contributed by atoms with Crippen molar-refractivity contribution >= 4 is 11.4 Å². The van der Waals surface area contributed by atoms with Crippen LogP contribution in [0.5, 0.6) is 0 Å². The number of anilines is 1. The lowest BCUT2D eigenvalue weighted by Crippen LogP contribution is -2.36. The second kappa shape index (κ2) is 10.3. The average Bonchev–Trinajstić information content (AvgIpc) is 3.29. The number of hydrogen-bond acceptors (Lipinski definition) is 4. The Labute approximate surface area is 198 Å². The van der Waals surface area contributed by atoms with Crippen LogP contribution in [-0.4, -0.2) is 34.6 Å². The number of rotatable bonds is 7. The van der Waals surface area contributed by atoms with Crippen LogP contribution >= 0.6 is 0 Å². The minimum Gasteiger partial charge on any atom is -0.343 e. The molecular formula is C28H37N5. The summed E-state index contributed by atoms with van der Waals surface area (Å²) in [6.45, 7) is 16.6. The Balaban J connectivity index is 1.77. The smallest absolute Gasteiger partial charge is 0.0568 e. The Morgan fingerprint density at radius 1 is 1.24 bits per heavy atom. The largest absolute Gasteiger partial charge is 0.343 e. The molecule has 1 fully saturated rings. The van der Waals surface area contributed by atoms with E-state index in [0.29, 0.717) is 12.1 Å². The van der Waals surface area contributed by atoms with E-state index >= 15 is 0 Å². The molecule has 1 aromatic heterocycles. The van der Waals surface area contributed by atoms with Gasteiger partial charge in [-0.1, -0.05) is 25.3 Å². The summed E-state index contributed by atoms with van der Waals surface area (Å²) in [6, 6.07) is 5.50. The van der Waals surface area contributed by atoms with E-state index in [1.807, 2.05) is 18.5 Å². The number of piperidine rings is 1. The molecule has 1 saturated heterocycles. The molecule has 0 saturated carbocycles. The molecule has 33 heavy (non-hydrogen) atoms. The van der Waals surface area contributed by atoms with Gasteiger partial charge in [0.15, 0.2) is 0 Å². The van der Waals surface area contributed by atoms with Crippen LogP contribution in [-0.2, 0) is 12.8 Å². The Bertz CT molecular complexity index is 1070. The SMILES string of the molecule is C=C/C=C\N=C(/C)Cc1c(-c2cnn(C3CCNCC3)c2)ccc2c1CC[C@H](C)N2C(=C)C. The number of aliphatic imine (C=N–C) groups is 1. The molecule has 5 heteroatoms. The first-order valence-electron chi connectivity index (χ1n) is 12.1. The summed E-state index contributed by atoms with van der Waals surface area (Å²) >= 11 is 0. The number of aromatic nitrogens is 2. The molecule has 3 heterocycles. The summed E-state index contributed by atoms with van der Waals surface area (Å²) in [5, 5.41) is 8.22. The Morgan fingerprint density at radius 2 is 2.03 bits per heavy atom. The Kier molecular flexibility index (Phi) is 7.29. The van der Waals surface area contributed by atoms with E-state index in [-0.39, 0.29) is 0 Å². The first kappa shape index (κ1) is 23.2. The highest BCUT2D eigenvalue weighted by molar-refractivity contribution is 5.88. The zero-order valence-corrected chi connectivity index (χ0v) is 20.3. The van der Waals surface area contributed by atoms with E-state index in [4.69, 9.17) is 5.10 Å². The highest BCUT2D eigenvalue weighted by Crippen LogP contribution is 2.40. The summed E-state index contributed by atoms with van der Waals surface area (Å²) in [6.07, 6.45) is 15.0. The first-order chi connectivity index (χ1) is 16.0. The molecular weight excluding hydrogens is 406 g/mol. The van der Waals surface area contributed by atoms with E-state index in [0.717, 1.165) is 56.6 Å². The van der Waals surface area contributed by atoms with Gasteiger partial charge in [0, 0.05) is 47.5 Å². The normalized spacial score (nSPS) is 19.7. The number of fused-ring (bicyclic) bond motifs is 1. The maximum atomic E-state index is 4.78. The quantitative estimate of drug-likeness (QED) is 0.431. The van der Waals surface area contributed by atoms with Crippen molar-refractivity contribution in [2.24, 2.45) is 4.99 Å². The Morgan fingerprint density at radius 3 is 2.76 bits per heavy atom. The van der Waals surface area contributed by atoms with Gasteiger partial charge in [-0.15, -0.1) is 0 Å². The highest BCUT2D eigenvalue weighted by atomic mass is 15.3. The van der Waals surface area contributed by atoms with Gasteiger partial charge in [-0.05, 0) is 88.4 Å². The maximum absolute atomic E-state index is 4.78. The predicted molar refractivity (Wildman–Crippen MR) is 140 cm³/mol. The lowest BCUT2D eigenvalue weighted by Gasteiger charge is -2.38. The molecule has 0 radical (unpaired) electrons. The molecule has 0 spiro atoms. The van der Waals surface area contributed by atoms with Crippen LogP contribution in [0.4, 0.5) is 5.69 Å². The lowest BCUT2D eigenvalue weighted by atomic mass is 9.86. The molecule has 5 nitrogen and oxygen atoms in total. The molecule has 1 atom stereocenters. The van der Waals surface area contributed by atoms with E-state index in [1.54, 1.807) is 6.08 Å². The summed E-state index contributed by atoms with van der Waals surface area (Å²) in [5.74, 6) is 0.